The van der Waals surface area contributed by atoms with E-state index in [1.165, 1.54) is 11.3 Å². The van der Waals surface area contributed by atoms with Crippen molar-refractivity contribution >= 4 is 23.0 Å². The van der Waals surface area contributed by atoms with Crippen LogP contribution in [0.15, 0.2) is 67.0 Å². The molecule has 2 atom stereocenters. The molecule has 1 N–H and O–H groups in total. The molecule has 1 saturated heterocycles. The maximum atomic E-state index is 5.71. The van der Waals surface area contributed by atoms with Gasteiger partial charge in [-0.25, -0.2) is 0 Å². The molecule has 0 spiro atoms. The van der Waals surface area contributed by atoms with E-state index in [1.54, 1.807) is 0 Å². The molecular weight excluding hydrogens is 328 g/mol. The van der Waals surface area contributed by atoms with Gasteiger partial charge in [-0.05, 0) is 61.1 Å². The first kappa shape index (κ1) is 15.8. The number of pyridine rings is 1. The van der Waals surface area contributed by atoms with Crippen molar-refractivity contribution in [3.8, 4) is 0 Å². The summed E-state index contributed by atoms with van der Waals surface area (Å²) in [6.45, 7) is 2.10. The first-order valence-corrected chi connectivity index (χ1v) is 8.74. The molecule has 1 aliphatic heterocycles. The highest BCUT2D eigenvalue weighted by molar-refractivity contribution is 7.80. The molecule has 4 rings (SSSR count). The standard InChI is InChI=1S/C20H20N4S/c1-14-7-5-8-15(13-14)24-19(17-10-6-12-23(17)2)18(22-20(24)25)16-9-3-4-11-21-16/h3-13,18-19H,1-2H3,(H,22,25)/t18-,19-/m1/s1. The summed E-state index contributed by atoms with van der Waals surface area (Å²) in [4.78, 5) is 6.78. The van der Waals surface area contributed by atoms with E-state index in [0.717, 1.165) is 16.5 Å². The maximum absolute atomic E-state index is 5.71. The van der Waals surface area contributed by atoms with Gasteiger partial charge < -0.3 is 14.8 Å². The van der Waals surface area contributed by atoms with Crippen LogP contribution in [0.4, 0.5) is 5.69 Å². The van der Waals surface area contributed by atoms with Crippen molar-refractivity contribution in [2.45, 2.75) is 19.0 Å². The van der Waals surface area contributed by atoms with Gasteiger partial charge in [-0.3, -0.25) is 4.98 Å². The first-order chi connectivity index (χ1) is 12.1. The summed E-state index contributed by atoms with van der Waals surface area (Å²) in [5, 5.41) is 4.21. The molecule has 1 aliphatic rings. The Bertz CT molecular complexity index is 903. The summed E-state index contributed by atoms with van der Waals surface area (Å²) in [5.41, 5.74) is 4.50. The van der Waals surface area contributed by atoms with E-state index in [4.69, 9.17) is 12.2 Å². The summed E-state index contributed by atoms with van der Waals surface area (Å²) in [6, 6.07) is 18.7. The molecule has 0 bridgehead atoms. The van der Waals surface area contributed by atoms with E-state index >= 15 is 0 Å². The third-order valence-electron chi connectivity index (χ3n) is 4.66. The monoisotopic (exact) mass is 348 g/mol. The minimum atomic E-state index is 0.00260. The summed E-state index contributed by atoms with van der Waals surface area (Å²) in [7, 11) is 2.07. The summed E-state index contributed by atoms with van der Waals surface area (Å²) in [6.07, 6.45) is 3.90. The third-order valence-corrected chi connectivity index (χ3v) is 4.98. The van der Waals surface area contributed by atoms with Crippen molar-refractivity contribution in [2.75, 3.05) is 4.90 Å². The van der Waals surface area contributed by atoms with Gasteiger partial charge in [0.05, 0.1) is 11.7 Å². The topological polar surface area (TPSA) is 33.1 Å². The predicted octanol–water partition coefficient (Wildman–Crippen LogP) is 3.91. The highest BCUT2D eigenvalue weighted by Crippen LogP contribution is 2.41. The van der Waals surface area contributed by atoms with Crippen molar-refractivity contribution in [2.24, 2.45) is 7.05 Å². The van der Waals surface area contributed by atoms with Crippen molar-refractivity contribution < 1.29 is 0 Å². The molecule has 126 valence electrons. The van der Waals surface area contributed by atoms with Gasteiger partial charge in [-0.15, -0.1) is 0 Å². The van der Waals surface area contributed by atoms with Gasteiger partial charge in [0.2, 0.25) is 0 Å². The van der Waals surface area contributed by atoms with Gasteiger partial charge in [0.1, 0.15) is 6.04 Å². The highest BCUT2D eigenvalue weighted by atomic mass is 32.1. The molecule has 2 aromatic heterocycles. The van der Waals surface area contributed by atoms with E-state index in [1.807, 2.05) is 18.3 Å². The second-order valence-electron chi connectivity index (χ2n) is 6.38. The molecule has 0 aliphatic carbocycles. The number of nitrogens with zero attached hydrogens (tertiary/aromatic N) is 3. The lowest BCUT2D eigenvalue weighted by molar-refractivity contribution is 0.541. The smallest absolute Gasteiger partial charge is 0.174 e. The molecule has 1 fully saturated rings. The molecule has 1 aromatic carbocycles. The van der Waals surface area contributed by atoms with Crippen LogP contribution in [-0.2, 0) is 7.05 Å². The van der Waals surface area contributed by atoms with E-state index in [2.05, 4.69) is 82.4 Å². The quantitative estimate of drug-likeness (QED) is 0.728. The molecule has 0 saturated carbocycles. The van der Waals surface area contributed by atoms with Crippen LogP contribution in [0.5, 0.6) is 0 Å². The molecule has 3 aromatic rings. The van der Waals surface area contributed by atoms with E-state index < -0.39 is 0 Å². The average molecular weight is 348 g/mol. The summed E-state index contributed by atoms with van der Waals surface area (Å²) >= 11 is 5.71. The van der Waals surface area contributed by atoms with Crippen molar-refractivity contribution in [1.29, 1.82) is 0 Å². The number of aryl methyl sites for hydroxylation is 2. The second kappa shape index (κ2) is 6.33. The summed E-state index contributed by atoms with van der Waals surface area (Å²) in [5.74, 6) is 0. The van der Waals surface area contributed by atoms with E-state index in [9.17, 15) is 0 Å². The molecule has 0 radical (unpaired) electrons. The Balaban J connectivity index is 1.85. The Morgan fingerprint density at radius 2 is 1.96 bits per heavy atom. The molecule has 4 nitrogen and oxygen atoms in total. The maximum Gasteiger partial charge on any atom is 0.174 e. The Hall–Kier alpha value is -2.66. The number of hydrogen-bond acceptors (Lipinski definition) is 2. The number of hydrogen-bond donors (Lipinski definition) is 1. The normalized spacial score (nSPS) is 19.9. The lowest BCUT2D eigenvalue weighted by Gasteiger charge is -2.28. The van der Waals surface area contributed by atoms with Crippen molar-refractivity contribution in [3.63, 3.8) is 0 Å². The largest absolute Gasteiger partial charge is 0.353 e. The van der Waals surface area contributed by atoms with Crippen LogP contribution < -0.4 is 10.2 Å². The molecular formula is C20H20N4S. The van der Waals surface area contributed by atoms with Crippen molar-refractivity contribution in [1.82, 2.24) is 14.9 Å². The van der Waals surface area contributed by atoms with Gasteiger partial charge in [-0.2, -0.15) is 0 Å². The predicted molar refractivity (Wildman–Crippen MR) is 105 cm³/mol. The van der Waals surface area contributed by atoms with Crippen LogP contribution in [0.1, 0.15) is 29.0 Å². The fraction of sp³-hybridized carbons (Fsp3) is 0.200. The van der Waals surface area contributed by atoms with Crippen LogP contribution in [0.2, 0.25) is 0 Å². The van der Waals surface area contributed by atoms with Gasteiger partial charge in [0.25, 0.3) is 0 Å². The zero-order valence-corrected chi connectivity index (χ0v) is 15.1. The van der Waals surface area contributed by atoms with Gasteiger partial charge in [0, 0.05) is 30.8 Å². The lowest BCUT2D eigenvalue weighted by atomic mass is 10.0. The number of rotatable bonds is 3. The third kappa shape index (κ3) is 2.81. The molecule has 0 unspecified atom stereocenters. The number of nitrogens with one attached hydrogen (secondary N) is 1. The van der Waals surface area contributed by atoms with Crippen LogP contribution in [-0.4, -0.2) is 14.7 Å². The van der Waals surface area contributed by atoms with Gasteiger partial charge in [0.15, 0.2) is 5.11 Å². The Morgan fingerprint density at radius 1 is 1.08 bits per heavy atom. The van der Waals surface area contributed by atoms with Gasteiger partial charge >= 0.3 is 0 Å². The molecule has 5 heteroatoms. The second-order valence-corrected chi connectivity index (χ2v) is 6.77. The van der Waals surface area contributed by atoms with Crippen LogP contribution in [0, 0.1) is 6.92 Å². The SMILES string of the molecule is Cc1cccc(N2C(=S)N[C@H](c3ccccn3)[C@H]2c2cccn2C)c1. The van der Waals surface area contributed by atoms with Crippen molar-refractivity contribution in [3.05, 3.63) is 83.9 Å². The number of anilines is 1. The van der Waals surface area contributed by atoms with Gasteiger partial charge in [-0.1, -0.05) is 18.2 Å². The molecule has 0 amide bonds. The van der Waals surface area contributed by atoms with E-state index in [0.29, 0.717) is 0 Å². The first-order valence-electron chi connectivity index (χ1n) is 8.34. The Labute approximate surface area is 153 Å². The number of benzene rings is 1. The van der Waals surface area contributed by atoms with Crippen LogP contribution in [0.3, 0.4) is 0 Å². The summed E-state index contributed by atoms with van der Waals surface area (Å²) < 4.78 is 2.15. The fourth-order valence-corrected chi connectivity index (χ4v) is 3.84. The zero-order valence-electron chi connectivity index (χ0n) is 14.3. The van der Waals surface area contributed by atoms with Crippen LogP contribution in [0.25, 0.3) is 0 Å². The fourth-order valence-electron chi connectivity index (χ4n) is 3.49. The molecule has 25 heavy (non-hydrogen) atoms. The average Bonchev–Trinajstić information content (AvgIpc) is 3.18. The minimum Gasteiger partial charge on any atom is -0.353 e. The molecule has 3 heterocycles. The highest BCUT2D eigenvalue weighted by Gasteiger charge is 2.41. The van der Waals surface area contributed by atoms with E-state index in [-0.39, 0.29) is 12.1 Å². The van der Waals surface area contributed by atoms with Crippen LogP contribution >= 0.6 is 12.2 Å². The zero-order chi connectivity index (χ0) is 17.4. The number of thiocarbonyl (C=S) groups is 1. The minimum absolute atomic E-state index is 0.00260. The number of aromatic nitrogens is 2. The Morgan fingerprint density at radius 3 is 2.64 bits per heavy atom. The Kier molecular flexibility index (Phi) is 4.01. The lowest BCUT2D eigenvalue weighted by Crippen LogP contribution is -2.30.